The molecule has 0 saturated heterocycles. The van der Waals surface area contributed by atoms with Crippen LogP contribution in [0.15, 0.2) is 59.5 Å². The number of carbonyl (C=O) groups is 1. The van der Waals surface area contributed by atoms with Crippen molar-refractivity contribution in [3.63, 3.8) is 0 Å². The van der Waals surface area contributed by atoms with Gasteiger partial charge in [0.2, 0.25) is 0 Å². The maximum absolute atomic E-state index is 12.3. The van der Waals surface area contributed by atoms with Crippen LogP contribution in [0.4, 0.5) is 0 Å². The second-order valence-corrected chi connectivity index (χ2v) is 5.35. The molecule has 0 aromatic heterocycles. The van der Waals surface area contributed by atoms with Gasteiger partial charge in [0.25, 0.3) is 0 Å². The summed E-state index contributed by atoms with van der Waals surface area (Å²) in [5.41, 5.74) is 1.00. The second-order valence-electron chi connectivity index (χ2n) is 4.47. The second kappa shape index (κ2) is 7.15. The summed E-state index contributed by atoms with van der Waals surface area (Å²) in [7, 11) is 0. The van der Waals surface area contributed by atoms with E-state index in [1.807, 2.05) is 67.8 Å². The molecular formula is C17H18O2S. The molecular weight excluding hydrogens is 268 g/mol. The van der Waals surface area contributed by atoms with E-state index >= 15 is 0 Å². The van der Waals surface area contributed by atoms with Crippen LogP contribution < -0.4 is 4.74 Å². The highest BCUT2D eigenvalue weighted by Gasteiger charge is 2.20. The van der Waals surface area contributed by atoms with Crippen molar-refractivity contribution < 1.29 is 9.53 Å². The van der Waals surface area contributed by atoms with Gasteiger partial charge in [-0.1, -0.05) is 37.3 Å². The minimum Gasteiger partial charge on any atom is -0.426 e. The molecule has 1 atom stereocenters. The summed E-state index contributed by atoms with van der Waals surface area (Å²) in [6.45, 7) is 2.00. The van der Waals surface area contributed by atoms with Gasteiger partial charge in [0.1, 0.15) is 5.75 Å². The molecule has 2 nitrogen and oxygen atoms in total. The minimum absolute atomic E-state index is 0.199. The quantitative estimate of drug-likeness (QED) is 0.459. The molecule has 0 radical (unpaired) electrons. The van der Waals surface area contributed by atoms with Crippen LogP contribution in [0.5, 0.6) is 5.75 Å². The number of rotatable bonds is 5. The van der Waals surface area contributed by atoms with Gasteiger partial charge in [-0.25, -0.2) is 0 Å². The fraction of sp³-hybridized carbons (Fsp3) is 0.235. The molecule has 104 valence electrons. The third kappa shape index (κ3) is 3.64. The summed E-state index contributed by atoms with van der Waals surface area (Å²) >= 11 is 1.66. The Bertz CT molecular complexity index is 549. The van der Waals surface area contributed by atoms with Crippen LogP contribution in [0.2, 0.25) is 0 Å². The first-order valence-electron chi connectivity index (χ1n) is 6.65. The van der Waals surface area contributed by atoms with Gasteiger partial charge in [-0.15, -0.1) is 11.8 Å². The summed E-state index contributed by atoms with van der Waals surface area (Å²) in [5.74, 6) is 0.189. The van der Waals surface area contributed by atoms with Crippen LogP contribution in [-0.2, 0) is 4.79 Å². The van der Waals surface area contributed by atoms with Gasteiger partial charge < -0.3 is 4.74 Å². The molecule has 0 heterocycles. The zero-order chi connectivity index (χ0) is 14.4. The lowest BCUT2D eigenvalue weighted by atomic mass is 9.97. The van der Waals surface area contributed by atoms with Gasteiger partial charge in [0.05, 0.1) is 5.92 Å². The van der Waals surface area contributed by atoms with Gasteiger partial charge >= 0.3 is 5.97 Å². The lowest BCUT2D eigenvalue weighted by Crippen LogP contribution is -2.18. The topological polar surface area (TPSA) is 26.3 Å². The smallest absolute Gasteiger partial charge is 0.318 e. The molecule has 2 rings (SSSR count). The van der Waals surface area contributed by atoms with Crippen molar-refractivity contribution in [2.45, 2.75) is 24.2 Å². The Morgan fingerprint density at radius 2 is 1.75 bits per heavy atom. The summed E-state index contributed by atoms with van der Waals surface area (Å²) < 4.78 is 5.47. The number of carbonyl (C=O) groups excluding carboxylic acids is 1. The van der Waals surface area contributed by atoms with Crippen molar-refractivity contribution in [2.75, 3.05) is 6.26 Å². The molecule has 1 unspecified atom stereocenters. The highest BCUT2D eigenvalue weighted by molar-refractivity contribution is 7.98. The van der Waals surface area contributed by atoms with Gasteiger partial charge in [-0.05, 0) is 42.5 Å². The largest absolute Gasteiger partial charge is 0.426 e. The fourth-order valence-corrected chi connectivity index (χ4v) is 2.46. The molecule has 0 amide bonds. The Kier molecular flexibility index (Phi) is 5.24. The minimum atomic E-state index is -0.212. The fourth-order valence-electron chi connectivity index (χ4n) is 2.05. The number of thioether (sulfide) groups is 1. The van der Waals surface area contributed by atoms with Crippen molar-refractivity contribution in [2.24, 2.45) is 0 Å². The lowest BCUT2D eigenvalue weighted by molar-refractivity contribution is -0.136. The maximum Gasteiger partial charge on any atom is 0.318 e. The predicted octanol–water partition coefficient (Wildman–Crippen LogP) is 4.51. The third-order valence-corrected chi connectivity index (χ3v) is 3.92. The van der Waals surface area contributed by atoms with Crippen LogP contribution in [0.3, 0.4) is 0 Å². The number of hydrogen-bond acceptors (Lipinski definition) is 3. The molecule has 3 heteroatoms. The highest BCUT2D eigenvalue weighted by atomic mass is 32.2. The SMILES string of the molecule is CCC(C(=O)Oc1ccc(SC)cc1)c1ccccc1. The Morgan fingerprint density at radius 3 is 2.30 bits per heavy atom. The number of hydrogen-bond donors (Lipinski definition) is 0. The van der Waals surface area contributed by atoms with E-state index in [2.05, 4.69) is 0 Å². The molecule has 0 bridgehead atoms. The van der Waals surface area contributed by atoms with E-state index in [9.17, 15) is 4.79 Å². The first kappa shape index (κ1) is 14.7. The maximum atomic E-state index is 12.3. The van der Waals surface area contributed by atoms with Crippen molar-refractivity contribution in [3.05, 3.63) is 60.2 Å². The van der Waals surface area contributed by atoms with Crippen LogP contribution in [0, 0.1) is 0 Å². The van der Waals surface area contributed by atoms with Crippen LogP contribution in [-0.4, -0.2) is 12.2 Å². The molecule has 0 fully saturated rings. The van der Waals surface area contributed by atoms with E-state index < -0.39 is 0 Å². The zero-order valence-electron chi connectivity index (χ0n) is 11.7. The monoisotopic (exact) mass is 286 g/mol. The van der Waals surface area contributed by atoms with E-state index in [0.717, 1.165) is 16.9 Å². The van der Waals surface area contributed by atoms with Crippen molar-refractivity contribution in [1.29, 1.82) is 0 Å². The van der Waals surface area contributed by atoms with E-state index in [4.69, 9.17) is 4.74 Å². The molecule has 2 aromatic carbocycles. The van der Waals surface area contributed by atoms with Crippen LogP contribution in [0.1, 0.15) is 24.8 Å². The van der Waals surface area contributed by atoms with Crippen molar-refractivity contribution in [1.82, 2.24) is 0 Å². The highest BCUT2D eigenvalue weighted by Crippen LogP contribution is 2.24. The first-order chi connectivity index (χ1) is 9.74. The van der Waals surface area contributed by atoms with Gasteiger partial charge in [0.15, 0.2) is 0 Å². The standard InChI is InChI=1S/C17H18O2S/c1-3-16(13-7-5-4-6-8-13)17(18)19-14-9-11-15(20-2)12-10-14/h4-12,16H,3H2,1-2H3. The molecule has 20 heavy (non-hydrogen) atoms. The number of benzene rings is 2. The lowest BCUT2D eigenvalue weighted by Gasteiger charge is -2.14. The summed E-state index contributed by atoms with van der Waals surface area (Å²) in [4.78, 5) is 13.4. The molecule has 0 aliphatic carbocycles. The zero-order valence-corrected chi connectivity index (χ0v) is 12.5. The van der Waals surface area contributed by atoms with E-state index in [0.29, 0.717) is 5.75 Å². The van der Waals surface area contributed by atoms with E-state index in [1.54, 1.807) is 11.8 Å². The number of esters is 1. The van der Waals surface area contributed by atoms with Gasteiger partial charge in [-0.3, -0.25) is 4.79 Å². The summed E-state index contributed by atoms with van der Waals surface area (Å²) in [6, 6.07) is 17.3. The van der Waals surface area contributed by atoms with Gasteiger partial charge in [0, 0.05) is 4.90 Å². The van der Waals surface area contributed by atoms with E-state index in [1.165, 1.54) is 0 Å². The summed E-state index contributed by atoms with van der Waals surface area (Å²) in [5, 5.41) is 0. The van der Waals surface area contributed by atoms with Crippen LogP contribution in [0.25, 0.3) is 0 Å². The Hall–Kier alpha value is -1.74. The predicted molar refractivity (Wildman–Crippen MR) is 83.3 cm³/mol. The average Bonchev–Trinajstić information content (AvgIpc) is 2.50. The van der Waals surface area contributed by atoms with Crippen molar-refractivity contribution in [3.8, 4) is 5.75 Å². The van der Waals surface area contributed by atoms with Crippen LogP contribution >= 0.6 is 11.8 Å². The Morgan fingerprint density at radius 1 is 1.10 bits per heavy atom. The Balaban J connectivity index is 2.09. The third-order valence-electron chi connectivity index (χ3n) is 3.17. The van der Waals surface area contributed by atoms with E-state index in [-0.39, 0.29) is 11.9 Å². The molecule has 0 N–H and O–H groups in total. The first-order valence-corrected chi connectivity index (χ1v) is 7.87. The van der Waals surface area contributed by atoms with Crippen molar-refractivity contribution >= 4 is 17.7 Å². The molecule has 0 spiro atoms. The molecule has 0 aliphatic rings. The Labute approximate surface area is 124 Å². The average molecular weight is 286 g/mol. The van der Waals surface area contributed by atoms with Gasteiger partial charge in [-0.2, -0.15) is 0 Å². The number of ether oxygens (including phenoxy) is 1. The summed E-state index contributed by atoms with van der Waals surface area (Å²) in [6.07, 6.45) is 2.75. The normalized spacial score (nSPS) is 11.9. The molecule has 0 aliphatic heterocycles. The molecule has 0 saturated carbocycles. The molecule has 2 aromatic rings.